The molecular formula is C25H30N2O. The number of hydrogen-bond acceptors (Lipinski definition) is 2. The molecule has 5 rings (SSSR count). The van der Waals surface area contributed by atoms with Crippen LogP contribution in [0, 0.1) is 0 Å². The van der Waals surface area contributed by atoms with E-state index in [0.29, 0.717) is 24.3 Å². The van der Waals surface area contributed by atoms with E-state index in [9.17, 15) is 4.79 Å². The van der Waals surface area contributed by atoms with E-state index in [1.807, 2.05) is 0 Å². The molecule has 1 amide bonds. The molecule has 0 aliphatic carbocycles. The van der Waals surface area contributed by atoms with Crippen LogP contribution < -0.4 is 4.90 Å². The Morgan fingerprint density at radius 1 is 0.893 bits per heavy atom. The zero-order valence-electron chi connectivity index (χ0n) is 17.0. The van der Waals surface area contributed by atoms with Crippen molar-refractivity contribution in [1.29, 1.82) is 0 Å². The molecule has 3 heteroatoms. The predicted octanol–water partition coefficient (Wildman–Crippen LogP) is 5.37. The Morgan fingerprint density at radius 2 is 1.71 bits per heavy atom. The van der Waals surface area contributed by atoms with Gasteiger partial charge >= 0.3 is 0 Å². The molecule has 146 valence electrons. The van der Waals surface area contributed by atoms with Crippen LogP contribution >= 0.6 is 0 Å². The van der Waals surface area contributed by atoms with Gasteiger partial charge in [-0.2, -0.15) is 0 Å². The second kappa shape index (κ2) is 6.95. The summed E-state index contributed by atoms with van der Waals surface area (Å²) in [5, 5.41) is 0. The van der Waals surface area contributed by atoms with E-state index in [0.717, 1.165) is 38.8 Å². The number of amides is 1. The number of benzene rings is 2. The van der Waals surface area contributed by atoms with Gasteiger partial charge in [0.25, 0.3) is 0 Å². The molecule has 0 bridgehead atoms. The lowest BCUT2D eigenvalue weighted by Crippen LogP contribution is -2.43. The number of rotatable bonds is 3. The number of carbonyl (C=O) groups is 1. The minimum Gasteiger partial charge on any atom is -0.364 e. The Hall–Kier alpha value is -2.29. The Kier molecular flexibility index (Phi) is 4.41. The monoisotopic (exact) mass is 374 g/mol. The van der Waals surface area contributed by atoms with Crippen LogP contribution in [0.25, 0.3) is 0 Å². The number of para-hydroxylation sites is 1. The van der Waals surface area contributed by atoms with Gasteiger partial charge < -0.3 is 9.80 Å². The molecule has 0 saturated carbocycles. The van der Waals surface area contributed by atoms with Crippen molar-refractivity contribution in [2.24, 2.45) is 0 Å². The molecule has 0 aromatic heterocycles. The summed E-state index contributed by atoms with van der Waals surface area (Å²) in [5.41, 5.74) is 7.02. The Morgan fingerprint density at radius 3 is 2.46 bits per heavy atom. The molecule has 28 heavy (non-hydrogen) atoms. The van der Waals surface area contributed by atoms with Gasteiger partial charge in [-0.25, -0.2) is 0 Å². The van der Waals surface area contributed by atoms with Crippen LogP contribution in [0.5, 0.6) is 0 Å². The molecule has 2 unspecified atom stereocenters. The molecule has 3 aliphatic rings. The highest BCUT2D eigenvalue weighted by Crippen LogP contribution is 2.50. The van der Waals surface area contributed by atoms with Crippen molar-refractivity contribution in [3.05, 3.63) is 64.7 Å². The fourth-order valence-electron chi connectivity index (χ4n) is 5.43. The lowest BCUT2D eigenvalue weighted by Gasteiger charge is -2.45. The topological polar surface area (TPSA) is 23.6 Å². The molecule has 2 aromatic rings. The first kappa shape index (κ1) is 17.8. The number of hydrogen-bond donors (Lipinski definition) is 0. The maximum atomic E-state index is 12.8. The van der Waals surface area contributed by atoms with Gasteiger partial charge in [-0.15, -0.1) is 0 Å². The highest BCUT2D eigenvalue weighted by atomic mass is 16.2. The summed E-state index contributed by atoms with van der Waals surface area (Å²) in [6.45, 7) is 6.49. The van der Waals surface area contributed by atoms with Gasteiger partial charge in [0.2, 0.25) is 5.91 Å². The van der Waals surface area contributed by atoms with Crippen molar-refractivity contribution in [1.82, 2.24) is 4.90 Å². The van der Waals surface area contributed by atoms with E-state index in [1.54, 1.807) is 0 Å². The maximum absolute atomic E-state index is 12.8. The van der Waals surface area contributed by atoms with Gasteiger partial charge in [0.1, 0.15) is 0 Å². The number of piperidine rings is 1. The summed E-state index contributed by atoms with van der Waals surface area (Å²) in [7, 11) is 0. The van der Waals surface area contributed by atoms with Gasteiger partial charge in [-0.05, 0) is 53.9 Å². The quantitative estimate of drug-likeness (QED) is 0.721. The van der Waals surface area contributed by atoms with Crippen LogP contribution in [0.2, 0.25) is 0 Å². The van der Waals surface area contributed by atoms with E-state index in [2.05, 4.69) is 66.1 Å². The van der Waals surface area contributed by atoms with E-state index < -0.39 is 0 Å². The minimum atomic E-state index is 0.215. The molecule has 3 heterocycles. The Balaban J connectivity index is 1.56. The molecule has 2 atom stereocenters. The Bertz CT molecular complexity index is 886. The summed E-state index contributed by atoms with van der Waals surface area (Å²) < 4.78 is 0. The van der Waals surface area contributed by atoms with E-state index in [-0.39, 0.29) is 6.04 Å². The third kappa shape index (κ3) is 2.83. The SMILES string of the molecule is CC(C)c1ccc(C2CC(N3CCCCC3=O)c3cccc4c3N2CC4)cc1. The van der Waals surface area contributed by atoms with Gasteiger partial charge in [-0.1, -0.05) is 56.3 Å². The van der Waals surface area contributed by atoms with E-state index >= 15 is 0 Å². The molecule has 0 radical (unpaired) electrons. The molecule has 1 fully saturated rings. The first-order valence-electron chi connectivity index (χ1n) is 10.9. The van der Waals surface area contributed by atoms with Crippen molar-refractivity contribution in [2.45, 2.75) is 64.0 Å². The van der Waals surface area contributed by atoms with E-state index in [1.165, 1.54) is 27.9 Å². The number of carbonyl (C=O) groups excluding carboxylic acids is 1. The first-order valence-corrected chi connectivity index (χ1v) is 10.9. The van der Waals surface area contributed by atoms with Crippen LogP contribution in [0.15, 0.2) is 42.5 Å². The van der Waals surface area contributed by atoms with Gasteiger partial charge in [-0.3, -0.25) is 4.79 Å². The summed E-state index contributed by atoms with van der Waals surface area (Å²) in [6.07, 6.45) is 5.01. The van der Waals surface area contributed by atoms with E-state index in [4.69, 9.17) is 0 Å². The van der Waals surface area contributed by atoms with Crippen molar-refractivity contribution in [3.8, 4) is 0 Å². The Labute approximate surface area is 168 Å². The van der Waals surface area contributed by atoms with Crippen LogP contribution in [0.4, 0.5) is 5.69 Å². The molecule has 3 nitrogen and oxygen atoms in total. The lowest BCUT2D eigenvalue weighted by atomic mass is 9.85. The third-order valence-electron chi connectivity index (χ3n) is 6.97. The highest BCUT2D eigenvalue weighted by molar-refractivity contribution is 5.78. The predicted molar refractivity (Wildman–Crippen MR) is 114 cm³/mol. The van der Waals surface area contributed by atoms with Gasteiger partial charge in [0, 0.05) is 25.2 Å². The van der Waals surface area contributed by atoms with Crippen LogP contribution in [0.3, 0.4) is 0 Å². The van der Waals surface area contributed by atoms with Gasteiger partial charge in [0.15, 0.2) is 0 Å². The molecule has 0 spiro atoms. The molecule has 0 N–H and O–H groups in total. The summed E-state index contributed by atoms with van der Waals surface area (Å²) in [5.74, 6) is 0.896. The van der Waals surface area contributed by atoms with Crippen molar-refractivity contribution >= 4 is 11.6 Å². The second-order valence-corrected chi connectivity index (χ2v) is 8.93. The minimum absolute atomic E-state index is 0.215. The third-order valence-corrected chi connectivity index (χ3v) is 6.97. The standard InChI is InChI=1S/C25H30N2O/c1-17(2)18-9-11-19(12-10-18)22-16-23(26-14-4-3-8-24(26)28)21-7-5-6-20-13-15-27(22)25(20)21/h5-7,9-12,17,22-23H,3-4,8,13-16H2,1-2H3. The van der Waals surface area contributed by atoms with Gasteiger partial charge in [0.05, 0.1) is 12.1 Å². The van der Waals surface area contributed by atoms with Crippen molar-refractivity contribution < 1.29 is 4.79 Å². The molecular weight excluding hydrogens is 344 g/mol. The molecule has 3 aliphatic heterocycles. The number of likely N-dealkylation sites (tertiary alicyclic amines) is 1. The summed E-state index contributed by atoms with van der Waals surface area (Å²) in [4.78, 5) is 17.6. The zero-order valence-corrected chi connectivity index (χ0v) is 17.0. The number of anilines is 1. The largest absolute Gasteiger partial charge is 0.364 e. The smallest absolute Gasteiger partial charge is 0.223 e. The fourth-order valence-corrected chi connectivity index (χ4v) is 5.43. The van der Waals surface area contributed by atoms with Crippen LogP contribution in [-0.4, -0.2) is 23.9 Å². The average Bonchev–Trinajstić information content (AvgIpc) is 3.15. The zero-order chi connectivity index (χ0) is 19.3. The lowest BCUT2D eigenvalue weighted by molar-refractivity contribution is -0.136. The maximum Gasteiger partial charge on any atom is 0.223 e. The average molecular weight is 375 g/mol. The molecule has 1 saturated heterocycles. The summed E-state index contributed by atoms with van der Waals surface area (Å²) >= 11 is 0. The normalized spacial score (nSPS) is 24.0. The van der Waals surface area contributed by atoms with Crippen LogP contribution in [0.1, 0.15) is 79.8 Å². The fraction of sp³-hybridized carbons (Fsp3) is 0.480. The van der Waals surface area contributed by atoms with Crippen LogP contribution in [-0.2, 0) is 11.2 Å². The second-order valence-electron chi connectivity index (χ2n) is 8.93. The van der Waals surface area contributed by atoms with Crippen molar-refractivity contribution in [2.75, 3.05) is 18.0 Å². The summed E-state index contributed by atoms with van der Waals surface area (Å²) in [6, 6.07) is 16.5. The molecule has 2 aromatic carbocycles. The van der Waals surface area contributed by atoms with Crippen molar-refractivity contribution in [3.63, 3.8) is 0 Å². The highest BCUT2D eigenvalue weighted by Gasteiger charge is 2.41. The first-order chi connectivity index (χ1) is 13.6. The number of nitrogens with zero attached hydrogens (tertiary/aromatic N) is 2.